The zero-order valence-corrected chi connectivity index (χ0v) is 19.7. The Kier molecular flexibility index (Phi) is 6.35. The molecule has 166 valence electrons. The molecular weight excluding hydrogens is 432 g/mol. The number of rotatable bonds is 5. The van der Waals surface area contributed by atoms with Gasteiger partial charge in [-0.2, -0.15) is 10.5 Å². The van der Waals surface area contributed by atoms with Crippen LogP contribution in [0.15, 0.2) is 35.9 Å². The number of anilines is 1. The van der Waals surface area contributed by atoms with Crippen LogP contribution >= 0.6 is 11.3 Å². The molecule has 4 rings (SSSR count). The summed E-state index contributed by atoms with van der Waals surface area (Å²) >= 11 is 1.45. The summed E-state index contributed by atoms with van der Waals surface area (Å²) in [7, 11) is 1.63. The molecule has 0 saturated heterocycles. The Morgan fingerprint density at radius 3 is 2.73 bits per heavy atom. The summed E-state index contributed by atoms with van der Waals surface area (Å²) in [6.07, 6.45) is 5.55. The first kappa shape index (κ1) is 22.4. The van der Waals surface area contributed by atoms with Crippen molar-refractivity contribution >= 4 is 28.3 Å². The number of fused-ring (bicyclic) bond motifs is 1. The average molecular weight is 457 g/mol. The maximum atomic E-state index is 13.0. The Morgan fingerprint density at radius 1 is 1.21 bits per heavy atom. The van der Waals surface area contributed by atoms with Gasteiger partial charge in [0.05, 0.1) is 12.7 Å². The highest BCUT2D eigenvalue weighted by atomic mass is 32.1. The number of nitriles is 2. The monoisotopic (exact) mass is 456 g/mol. The van der Waals surface area contributed by atoms with Crippen molar-refractivity contribution in [1.29, 1.82) is 10.5 Å². The van der Waals surface area contributed by atoms with Crippen molar-refractivity contribution in [2.45, 2.75) is 39.5 Å². The number of nitrogens with zero attached hydrogens (tertiary/aromatic N) is 3. The summed E-state index contributed by atoms with van der Waals surface area (Å²) in [6, 6.07) is 13.9. The van der Waals surface area contributed by atoms with Crippen molar-refractivity contribution < 1.29 is 9.53 Å². The first-order valence-electron chi connectivity index (χ1n) is 10.8. The molecule has 0 unspecified atom stereocenters. The van der Waals surface area contributed by atoms with Crippen molar-refractivity contribution in [3.8, 4) is 23.6 Å². The summed E-state index contributed by atoms with van der Waals surface area (Å²) in [5.41, 5.74) is 5.19. The van der Waals surface area contributed by atoms with Crippen LogP contribution < -0.4 is 10.1 Å². The fourth-order valence-electron chi connectivity index (χ4n) is 4.33. The number of carbonyl (C=O) groups excluding carboxylic acids is 1. The summed E-state index contributed by atoms with van der Waals surface area (Å²) in [4.78, 5) is 14.1. The lowest BCUT2D eigenvalue weighted by Gasteiger charge is -2.11. The second kappa shape index (κ2) is 9.36. The van der Waals surface area contributed by atoms with Crippen molar-refractivity contribution in [1.82, 2.24) is 4.57 Å². The van der Waals surface area contributed by atoms with Crippen molar-refractivity contribution in [3.05, 3.63) is 68.9 Å². The Balaban J connectivity index is 1.65. The molecular formula is C26H24N4O2S. The molecule has 1 aliphatic rings. The quantitative estimate of drug-likeness (QED) is 0.408. The highest BCUT2D eigenvalue weighted by molar-refractivity contribution is 7.16. The summed E-state index contributed by atoms with van der Waals surface area (Å²) in [6.45, 7) is 3.93. The van der Waals surface area contributed by atoms with E-state index in [0.717, 1.165) is 64.5 Å². The van der Waals surface area contributed by atoms with Gasteiger partial charge in [0.25, 0.3) is 5.91 Å². The largest absolute Gasteiger partial charge is 0.497 e. The van der Waals surface area contributed by atoms with Crippen LogP contribution in [-0.4, -0.2) is 17.6 Å². The van der Waals surface area contributed by atoms with Gasteiger partial charge in [0.1, 0.15) is 28.5 Å². The molecule has 0 spiro atoms. The van der Waals surface area contributed by atoms with Crippen molar-refractivity contribution in [2.75, 3.05) is 12.4 Å². The number of thiophene rings is 1. The predicted octanol–water partition coefficient (Wildman–Crippen LogP) is 5.46. The Bertz CT molecular complexity index is 1350. The Hall–Kier alpha value is -3.81. The fourth-order valence-corrected chi connectivity index (χ4v) is 5.56. The molecule has 0 radical (unpaired) electrons. The average Bonchev–Trinajstić information content (AvgIpc) is 3.32. The van der Waals surface area contributed by atoms with Gasteiger partial charge in [-0.25, -0.2) is 0 Å². The number of methoxy groups -OCH3 is 1. The molecule has 6 nitrogen and oxygen atoms in total. The summed E-state index contributed by atoms with van der Waals surface area (Å²) in [5, 5.41) is 22.7. The van der Waals surface area contributed by atoms with Gasteiger partial charge >= 0.3 is 0 Å². The van der Waals surface area contributed by atoms with E-state index in [1.54, 1.807) is 13.2 Å². The van der Waals surface area contributed by atoms with Crippen LogP contribution in [0.5, 0.6) is 5.75 Å². The number of aryl methyl sites for hydroxylation is 2. The number of hydrogen-bond acceptors (Lipinski definition) is 5. The van der Waals surface area contributed by atoms with E-state index in [4.69, 9.17) is 4.74 Å². The first-order valence-corrected chi connectivity index (χ1v) is 11.6. The van der Waals surface area contributed by atoms with Crippen LogP contribution in [0.25, 0.3) is 11.8 Å². The van der Waals surface area contributed by atoms with Gasteiger partial charge in [-0.3, -0.25) is 4.79 Å². The smallest absolute Gasteiger partial charge is 0.266 e. The van der Waals surface area contributed by atoms with E-state index in [9.17, 15) is 15.3 Å². The van der Waals surface area contributed by atoms with E-state index < -0.39 is 5.91 Å². The van der Waals surface area contributed by atoms with Gasteiger partial charge < -0.3 is 14.6 Å². The van der Waals surface area contributed by atoms with Crippen LogP contribution in [0.3, 0.4) is 0 Å². The van der Waals surface area contributed by atoms with E-state index >= 15 is 0 Å². The molecule has 1 amide bonds. The van der Waals surface area contributed by atoms with Crippen molar-refractivity contribution in [2.24, 2.45) is 0 Å². The summed E-state index contributed by atoms with van der Waals surface area (Å²) in [5.74, 6) is 0.250. The van der Waals surface area contributed by atoms with Crippen LogP contribution in [0.4, 0.5) is 5.00 Å². The molecule has 0 atom stereocenters. The lowest BCUT2D eigenvalue weighted by atomic mass is 9.96. The molecule has 1 aliphatic carbocycles. The number of carbonyl (C=O) groups is 1. The van der Waals surface area contributed by atoms with Crippen LogP contribution in [-0.2, 0) is 17.6 Å². The number of nitrogens with one attached hydrogen (secondary N) is 1. The zero-order chi connectivity index (χ0) is 23.5. The molecule has 3 aromatic rings. The fraction of sp³-hybridized carbons (Fsp3) is 0.269. The van der Waals surface area contributed by atoms with Gasteiger partial charge in [-0.05, 0) is 74.9 Å². The Morgan fingerprint density at radius 2 is 2.00 bits per heavy atom. The molecule has 2 aromatic heterocycles. The number of benzene rings is 1. The maximum Gasteiger partial charge on any atom is 0.266 e. The minimum Gasteiger partial charge on any atom is -0.497 e. The lowest BCUT2D eigenvalue weighted by molar-refractivity contribution is -0.112. The molecule has 0 saturated carbocycles. The zero-order valence-electron chi connectivity index (χ0n) is 18.9. The normalized spacial score (nSPS) is 13.1. The van der Waals surface area contributed by atoms with Gasteiger partial charge in [0, 0.05) is 28.0 Å². The van der Waals surface area contributed by atoms with E-state index in [0.29, 0.717) is 10.6 Å². The highest BCUT2D eigenvalue weighted by Crippen LogP contribution is 2.37. The standard InChI is InChI=1S/C26H24N4O2S/c1-16-11-18(17(2)30(16)20-7-6-8-21(13-20)32-3)12-19(14-27)25(31)29-26-23(15-28)22-9-4-5-10-24(22)33-26/h6-8,11-13H,4-5,9-10H2,1-3H3,(H,29,31)/b19-12-. The van der Waals surface area contributed by atoms with Gasteiger partial charge in [0.2, 0.25) is 0 Å². The van der Waals surface area contributed by atoms with Crippen LogP contribution in [0.1, 0.15) is 45.8 Å². The minimum atomic E-state index is -0.501. The second-order valence-electron chi connectivity index (χ2n) is 8.01. The third-order valence-electron chi connectivity index (χ3n) is 5.96. The molecule has 1 N–H and O–H groups in total. The number of amides is 1. The molecule has 0 fully saturated rings. The van der Waals surface area contributed by atoms with Crippen LogP contribution in [0, 0.1) is 36.5 Å². The van der Waals surface area contributed by atoms with Gasteiger partial charge in [0.15, 0.2) is 0 Å². The van der Waals surface area contributed by atoms with E-state index in [2.05, 4.69) is 16.0 Å². The van der Waals surface area contributed by atoms with E-state index in [1.807, 2.05) is 50.2 Å². The SMILES string of the molecule is COc1cccc(-n2c(C)cc(/C=C(/C#N)C(=O)Nc3sc4c(c3C#N)CCCC4)c2C)c1. The second-order valence-corrected chi connectivity index (χ2v) is 9.12. The molecule has 2 heterocycles. The molecule has 0 bridgehead atoms. The number of aromatic nitrogens is 1. The molecule has 1 aromatic carbocycles. The van der Waals surface area contributed by atoms with Gasteiger partial charge in [-0.1, -0.05) is 6.07 Å². The van der Waals surface area contributed by atoms with E-state index in [-0.39, 0.29) is 5.57 Å². The third-order valence-corrected chi connectivity index (χ3v) is 7.16. The molecule has 33 heavy (non-hydrogen) atoms. The molecule has 0 aliphatic heterocycles. The molecule has 7 heteroatoms. The topological polar surface area (TPSA) is 90.8 Å². The predicted molar refractivity (Wildman–Crippen MR) is 130 cm³/mol. The van der Waals surface area contributed by atoms with Crippen molar-refractivity contribution in [3.63, 3.8) is 0 Å². The number of hydrogen-bond donors (Lipinski definition) is 1. The highest BCUT2D eigenvalue weighted by Gasteiger charge is 2.23. The third kappa shape index (κ3) is 4.28. The first-order chi connectivity index (χ1) is 16.0. The lowest BCUT2D eigenvalue weighted by Crippen LogP contribution is -2.13. The van der Waals surface area contributed by atoms with E-state index in [1.165, 1.54) is 11.3 Å². The maximum absolute atomic E-state index is 13.0. The van der Waals surface area contributed by atoms with Gasteiger partial charge in [-0.15, -0.1) is 11.3 Å². The summed E-state index contributed by atoms with van der Waals surface area (Å²) < 4.78 is 7.40. The Labute approximate surface area is 197 Å². The van der Waals surface area contributed by atoms with Crippen LogP contribution in [0.2, 0.25) is 0 Å². The number of ether oxygens (including phenoxy) is 1. The minimum absolute atomic E-state index is 0.00356.